The molecular formula is C18H16BrN3O4. The number of rotatable bonds is 4. The van der Waals surface area contributed by atoms with Gasteiger partial charge in [0.25, 0.3) is 5.91 Å². The van der Waals surface area contributed by atoms with Crippen molar-refractivity contribution < 1.29 is 19.0 Å². The molecule has 1 N–H and O–H groups in total. The molecule has 3 heterocycles. The first kappa shape index (κ1) is 16.7. The zero-order chi connectivity index (χ0) is 18.1. The van der Waals surface area contributed by atoms with Gasteiger partial charge in [-0.15, -0.1) is 0 Å². The third kappa shape index (κ3) is 3.20. The summed E-state index contributed by atoms with van der Waals surface area (Å²) >= 11 is 3.43. The number of carbonyl (C=O) groups is 1. The number of imidazole rings is 1. The number of fused-ring (bicyclic) bond motifs is 2. The SMILES string of the molecule is COc1cc(C(=O)NCc2cn3cc(Br)ccc3n2)cc2c1OCCO2. The minimum Gasteiger partial charge on any atom is -0.493 e. The molecule has 1 aromatic carbocycles. The molecule has 134 valence electrons. The van der Waals surface area contributed by atoms with Crippen LogP contribution in [0.15, 0.2) is 41.1 Å². The van der Waals surface area contributed by atoms with Crippen LogP contribution in [0.3, 0.4) is 0 Å². The monoisotopic (exact) mass is 417 g/mol. The minimum absolute atomic E-state index is 0.237. The van der Waals surface area contributed by atoms with Crippen LogP contribution in [0.25, 0.3) is 5.65 Å². The number of methoxy groups -OCH3 is 1. The first-order chi connectivity index (χ1) is 12.6. The first-order valence-corrected chi connectivity index (χ1v) is 8.82. The molecule has 26 heavy (non-hydrogen) atoms. The Bertz CT molecular complexity index is 969. The van der Waals surface area contributed by atoms with Crippen LogP contribution in [0.1, 0.15) is 16.1 Å². The summed E-state index contributed by atoms with van der Waals surface area (Å²) < 4.78 is 19.3. The summed E-state index contributed by atoms with van der Waals surface area (Å²) in [6.07, 6.45) is 3.80. The van der Waals surface area contributed by atoms with E-state index >= 15 is 0 Å². The Labute approximate surface area is 158 Å². The number of halogens is 1. The second kappa shape index (κ2) is 6.87. The second-order valence-electron chi connectivity index (χ2n) is 5.73. The van der Waals surface area contributed by atoms with Crippen LogP contribution in [0, 0.1) is 0 Å². The summed E-state index contributed by atoms with van der Waals surface area (Å²) in [5, 5.41) is 2.87. The average molecular weight is 418 g/mol. The molecule has 4 rings (SSSR count). The third-order valence-corrected chi connectivity index (χ3v) is 4.45. The molecule has 2 aromatic heterocycles. The van der Waals surface area contributed by atoms with Crippen molar-refractivity contribution in [2.75, 3.05) is 20.3 Å². The number of carbonyl (C=O) groups excluding carboxylic acids is 1. The number of pyridine rings is 1. The van der Waals surface area contributed by atoms with Gasteiger partial charge in [0.2, 0.25) is 5.75 Å². The van der Waals surface area contributed by atoms with Crippen molar-refractivity contribution in [3.63, 3.8) is 0 Å². The smallest absolute Gasteiger partial charge is 0.251 e. The number of hydrogen-bond acceptors (Lipinski definition) is 5. The van der Waals surface area contributed by atoms with Crippen molar-refractivity contribution in [3.05, 3.63) is 52.4 Å². The summed E-state index contributed by atoms with van der Waals surface area (Å²) in [4.78, 5) is 17.0. The summed E-state index contributed by atoms with van der Waals surface area (Å²) in [6, 6.07) is 7.13. The molecule has 0 unspecified atom stereocenters. The van der Waals surface area contributed by atoms with Crippen LogP contribution in [0.4, 0.5) is 0 Å². The average Bonchev–Trinajstić information content (AvgIpc) is 3.07. The largest absolute Gasteiger partial charge is 0.493 e. The van der Waals surface area contributed by atoms with Gasteiger partial charge in [-0.3, -0.25) is 4.79 Å². The van der Waals surface area contributed by atoms with Gasteiger partial charge in [-0.1, -0.05) is 0 Å². The highest BCUT2D eigenvalue weighted by Gasteiger charge is 2.21. The first-order valence-electron chi connectivity index (χ1n) is 8.03. The van der Waals surface area contributed by atoms with Gasteiger partial charge >= 0.3 is 0 Å². The number of nitrogens with zero attached hydrogens (tertiary/aromatic N) is 2. The van der Waals surface area contributed by atoms with Crippen LogP contribution in [-0.2, 0) is 6.54 Å². The van der Waals surface area contributed by atoms with Gasteiger partial charge in [0, 0.05) is 22.4 Å². The number of ether oxygens (including phenoxy) is 3. The molecule has 0 radical (unpaired) electrons. The standard InChI is InChI=1S/C18H16BrN3O4/c1-24-14-6-11(7-15-17(14)26-5-4-25-15)18(23)20-8-13-10-22-9-12(19)2-3-16(22)21-13/h2-3,6-7,9-10H,4-5,8H2,1H3,(H,20,23). The van der Waals surface area contributed by atoms with Crippen LogP contribution < -0.4 is 19.5 Å². The van der Waals surface area contributed by atoms with E-state index in [0.717, 1.165) is 15.8 Å². The highest BCUT2D eigenvalue weighted by Crippen LogP contribution is 2.40. The van der Waals surface area contributed by atoms with Gasteiger partial charge in [0.15, 0.2) is 11.5 Å². The maximum atomic E-state index is 12.5. The van der Waals surface area contributed by atoms with Gasteiger partial charge in [0.1, 0.15) is 18.9 Å². The maximum absolute atomic E-state index is 12.5. The van der Waals surface area contributed by atoms with Gasteiger partial charge in [0.05, 0.1) is 19.3 Å². The predicted octanol–water partition coefficient (Wildman–Crippen LogP) is 2.81. The molecule has 0 fully saturated rings. The van der Waals surface area contributed by atoms with Crippen LogP contribution >= 0.6 is 15.9 Å². The molecule has 1 amide bonds. The second-order valence-corrected chi connectivity index (χ2v) is 6.65. The summed E-state index contributed by atoms with van der Waals surface area (Å²) in [7, 11) is 1.53. The topological polar surface area (TPSA) is 74.1 Å². The van der Waals surface area contributed by atoms with E-state index in [-0.39, 0.29) is 5.91 Å². The lowest BCUT2D eigenvalue weighted by Crippen LogP contribution is -2.24. The van der Waals surface area contributed by atoms with Gasteiger partial charge in [-0.05, 0) is 40.2 Å². The number of benzene rings is 1. The van der Waals surface area contributed by atoms with Gasteiger partial charge in [-0.25, -0.2) is 4.98 Å². The van der Waals surface area contributed by atoms with E-state index in [4.69, 9.17) is 14.2 Å². The normalized spacial score (nSPS) is 12.8. The number of aromatic nitrogens is 2. The lowest BCUT2D eigenvalue weighted by atomic mass is 10.1. The fraction of sp³-hybridized carbons (Fsp3) is 0.222. The Morgan fingerprint density at radius 3 is 3.00 bits per heavy atom. The van der Waals surface area contributed by atoms with E-state index in [9.17, 15) is 4.79 Å². The predicted molar refractivity (Wildman–Crippen MR) is 98.0 cm³/mol. The lowest BCUT2D eigenvalue weighted by Gasteiger charge is -2.21. The summed E-state index contributed by atoms with van der Waals surface area (Å²) in [6.45, 7) is 1.21. The van der Waals surface area contributed by atoms with E-state index in [2.05, 4.69) is 26.2 Å². The van der Waals surface area contributed by atoms with Gasteiger partial charge in [-0.2, -0.15) is 0 Å². The number of nitrogens with one attached hydrogen (secondary N) is 1. The fourth-order valence-corrected chi connectivity index (χ4v) is 3.13. The third-order valence-electron chi connectivity index (χ3n) is 3.99. The van der Waals surface area contributed by atoms with Gasteiger partial charge < -0.3 is 23.9 Å². The lowest BCUT2D eigenvalue weighted by molar-refractivity contribution is 0.0948. The molecule has 0 saturated carbocycles. The summed E-state index contributed by atoms with van der Waals surface area (Å²) in [5.74, 6) is 1.28. The highest BCUT2D eigenvalue weighted by atomic mass is 79.9. The van der Waals surface area contributed by atoms with E-state index in [0.29, 0.717) is 42.6 Å². The Hall–Kier alpha value is -2.74. The van der Waals surface area contributed by atoms with Crippen molar-refractivity contribution in [2.45, 2.75) is 6.54 Å². The number of hydrogen-bond donors (Lipinski definition) is 1. The Morgan fingerprint density at radius 2 is 2.15 bits per heavy atom. The van der Waals surface area contributed by atoms with E-state index in [1.807, 2.05) is 28.9 Å². The zero-order valence-electron chi connectivity index (χ0n) is 14.0. The van der Waals surface area contributed by atoms with E-state index < -0.39 is 0 Å². The molecule has 7 nitrogen and oxygen atoms in total. The molecule has 1 aliphatic heterocycles. The zero-order valence-corrected chi connectivity index (χ0v) is 15.6. The molecular weight excluding hydrogens is 402 g/mol. The maximum Gasteiger partial charge on any atom is 0.251 e. The molecule has 0 atom stereocenters. The molecule has 8 heteroatoms. The quantitative estimate of drug-likeness (QED) is 0.706. The van der Waals surface area contributed by atoms with Crippen molar-refractivity contribution in [2.24, 2.45) is 0 Å². The van der Waals surface area contributed by atoms with Crippen LogP contribution in [0.2, 0.25) is 0 Å². The van der Waals surface area contributed by atoms with E-state index in [1.54, 1.807) is 12.1 Å². The fourth-order valence-electron chi connectivity index (χ4n) is 2.78. The molecule has 3 aromatic rings. The molecule has 0 saturated heterocycles. The molecule has 1 aliphatic rings. The van der Waals surface area contributed by atoms with Crippen molar-refractivity contribution >= 4 is 27.5 Å². The van der Waals surface area contributed by atoms with Crippen LogP contribution in [-0.4, -0.2) is 35.6 Å². The number of amides is 1. The molecule has 0 aliphatic carbocycles. The molecule has 0 spiro atoms. The van der Waals surface area contributed by atoms with Crippen LogP contribution in [0.5, 0.6) is 17.2 Å². The summed E-state index contributed by atoms with van der Waals surface area (Å²) in [5.41, 5.74) is 2.03. The van der Waals surface area contributed by atoms with E-state index in [1.165, 1.54) is 7.11 Å². The van der Waals surface area contributed by atoms with Crippen molar-refractivity contribution in [1.82, 2.24) is 14.7 Å². The van der Waals surface area contributed by atoms with Crippen molar-refractivity contribution in [1.29, 1.82) is 0 Å². The Kier molecular flexibility index (Phi) is 4.42. The Morgan fingerprint density at radius 1 is 1.31 bits per heavy atom. The molecule has 0 bridgehead atoms. The Balaban J connectivity index is 1.52. The van der Waals surface area contributed by atoms with Crippen molar-refractivity contribution in [3.8, 4) is 17.2 Å². The highest BCUT2D eigenvalue weighted by molar-refractivity contribution is 9.10. The minimum atomic E-state index is -0.237.